The van der Waals surface area contributed by atoms with E-state index in [4.69, 9.17) is 14.2 Å². The number of aromatic amines is 1. The highest BCUT2D eigenvalue weighted by molar-refractivity contribution is 5.90. The quantitative estimate of drug-likeness (QED) is 0.296. The van der Waals surface area contributed by atoms with Crippen LogP contribution in [0.5, 0.6) is 17.2 Å². The largest absolute Gasteiger partial charge is 0.493 e. The average Bonchev–Trinajstić information content (AvgIpc) is 3.46. The molecule has 2 fully saturated rings. The van der Waals surface area contributed by atoms with Crippen LogP contribution in [0.25, 0.3) is 10.9 Å². The van der Waals surface area contributed by atoms with Gasteiger partial charge < -0.3 is 34.7 Å². The van der Waals surface area contributed by atoms with Gasteiger partial charge in [0, 0.05) is 49.2 Å². The Morgan fingerprint density at radius 2 is 1.65 bits per heavy atom. The minimum Gasteiger partial charge on any atom is -0.493 e. The third-order valence-corrected chi connectivity index (χ3v) is 8.77. The van der Waals surface area contributed by atoms with Crippen LogP contribution in [0.4, 0.5) is 0 Å². The summed E-state index contributed by atoms with van der Waals surface area (Å²) in [6, 6.07) is 11.5. The van der Waals surface area contributed by atoms with E-state index in [2.05, 4.69) is 25.4 Å². The number of carbonyl (C=O) groups is 2. The summed E-state index contributed by atoms with van der Waals surface area (Å²) < 4.78 is 16.3. The van der Waals surface area contributed by atoms with Crippen LogP contribution < -0.4 is 24.8 Å². The Balaban J connectivity index is 1.24. The second kappa shape index (κ2) is 14.6. The molecule has 232 valence electrons. The van der Waals surface area contributed by atoms with E-state index in [-0.39, 0.29) is 24.9 Å². The molecule has 2 aliphatic heterocycles. The Kier molecular flexibility index (Phi) is 10.4. The summed E-state index contributed by atoms with van der Waals surface area (Å²) in [5, 5.41) is 7.11. The summed E-state index contributed by atoms with van der Waals surface area (Å²) in [5.41, 5.74) is 2.76. The van der Waals surface area contributed by atoms with Crippen molar-refractivity contribution in [2.75, 3.05) is 54.1 Å². The second-order valence-electron chi connectivity index (χ2n) is 11.5. The Hall–Kier alpha value is -3.76. The van der Waals surface area contributed by atoms with Crippen LogP contribution in [0.2, 0.25) is 0 Å². The number of hydrogen-bond acceptors (Lipinski definition) is 7. The Labute approximate surface area is 254 Å². The van der Waals surface area contributed by atoms with E-state index in [1.807, 2.05) is 42.6 Å². The zero-order valence-electron chi connectivity index (χ0n) is 25.6. The number of aromatic nitrogens is 1. The first-order valence-corrected chi connectivity index (χ1v) is 15.4. The Morgan fingerprint density at radius 1 is 0.953 bits per heavy atom. The maximum atomic E-state index is 13.6. The summed E-state index contributed by atoms with van der Waals surface area (Å²) in [6.45, 7) is 4.72. The molecule has 3 N–H and O–H groups in total. The normalized spacial score (nSPS) is 17.4. The lowest BCUT2D eigenvalue weighted by Gasteiger charge is -2.40. The molecule has 1 unspecified atom stereocenters. The number of piperidine rings is 2. The first-order chi connectivity index (χ1) is 21.0. The highest BCUT2D eigenvalue weighted by atomic mass is 16.5. The molecule has 3 aromatic rings. The second-order valence-corrected chi connectivity index (χ2v) is 11.5. The predicted molar refractivity (Wildman–Crippen MR) is 167 cm³/mol. The van der Waals surface area contributed by atoms with Gasteiger partial charge in [0.2, 0.25) is 17.6 Å². The third kappa shape index (κ3) is 7.61. The van der Waals surface area contributed by atoms with Crippen molar-refractivity contribution in [3.05, 3.63) is 53.7 Å². The Morgan fingerprint density at radius 3 is 2.33 bits per heavy atom. The molecule has 0 spiro atoms. The number of amides is 2. The Bertz CT molecular complexity index is 1350. The molecule has 2 aliphatic rings. The van der Waals surface area contributed by atoms with Gasteiger partial charge in [-0.05, 0) is 68.1 Å². The van der Waals surface area contributed by atoms with E-state index < -0.39 is 6.04 Å². The first kappa shape index (κ1) is 30.7. The van der Waals surface area contributed by atoms with E-state index in [0.717, 1.165) is 48.0 Å². The van der Waals surface area contributed by atoms with Crippen LogP contribution >= 0.6 is 0 Å². The van der Waals surface area contributed by atoms with Crippen LogP contribution in [-0.4, -0.2) is 92.7 Å². The smallest absolute Gasteiger partial charge is 0.243 e. The van der Waals surface area contributed by atoms with E-state index in [0.29, 0.717) is 29.7 Å². The lowest BCUT2D eigenvalue weighted by molar-refractivity contribution is -0.129. The number of carbonyl (C=O) groups excluding carboxylic acids is 2. The molecular weight excluding hydrogens is 546 g/mol. The number of nitrogens with zero attached hydrogens (tertiary/aromatic N) is 2. The molecule has 0 bridgehead atoms. The van der Waals surface area contributed by atoms with Crippen molar-refractivity contribution in [2.24, 2.45) is 0 Å². The highest BCUT2D eigenvalue weighted by Gasteiger charge is 2.28. The fraction of sp³-hybridized carbons (Fsp3) is 0.515. The zero-order chi connectivity index (χ0) is 30.2. The molecule has 43 heavy (non-hydrogen) atoms. The average molecular weight is 592 g/mol. The summed E-state index contributed by atoms with van der Waals surface area (Å²) in [6.07, 6.45) is 8.38. The number of nitrogens with one attached hydrogen (secondary N) is 3. The molecule has 2 saturated heterocycles. The molecule has 0 saturated carbocycles. The zero-order valence-corrected chi connectivity index (χ0v) is 25.6. The fourth-order valence-corrected chi connectivity index (χ4v) is 6.45. The number of fused-ring (bicyclic) bond motifs is 1. The molecule has 2 aromatic carbocycles. The van der Waals surface area contributed by atoms with Crippen molar-refractivity contribution in [2.45, 2.75) is 57.2 Å². The summed E-state index contributed by atoms with van der Waals surface area (Å²) in [4.78, 5) is 35.1. The van der Waals surface area contributed by atoms with Crippen molar-refractivity contribution in [3.8, 4) is 17.2 Å². The van der Waals surface area contributed by atoms with Gasteiger partial charge >= 0.3 is 0 Å². The molecule has 3 heterocycles. The van der Waals surface area contributed by atoms with Crippen molar-refractivity contribution < 1.29 is 23.8 Å². The molecule has 5 rings (SSSR count). The third-order valence-electron chi connectivity index (χ3n) is 8.77. The van der Waals surface area contributed by atoms with Gasteiger partial charge in [-0.1, -0.05) is 24.6 Å². The van der Waals surface area contributed by atoms with Crippen LogP contribution in [0.3, 0.4) is 0 Å². The lowest BCUT2D eigenvalue weighted by atomic mass is 10.00. The topological polar surface area (TPSA) is 108 Å². The monoisotopic (exact) mass is 591 g/mol. The van der Waals surface area contributed by atoms with Gasteiger partial charge in [-0.25, -0.2) is 0 Å². The van der Waals surface area contributed by atoms with Gasteiger partial charge in [0.05, 0.1) is 27.9 Å². The predicted octanol–water partition coefficient (Wildman–Crippen LogP) is 3.49. The van der Waals surface area contributed by atoms with Gasteiger partial charge in [0.25, 0.3) is 0 Å². The van der Waals surface area contributed by atoms with E-state index in [1.54, 1.807) is 21.3 Å². The number of para-hydroxylation sites is 1. The van der Waals surface area contributed by atoms with E-state index in [9.17, 15) is 9.59 Å². The maximum Gasteiger partial charge on any atom is 0.243 e. The maximum absolute atomic E-state index is 13.6. The number of benzene rings is 2. The number of hydrogen-bond donors (Lipinski definition) is 3. The van der Waals surface area contributed by atoms with Crippen LogP contribution in [0.1, 0.15) is 43.2 Å². The van der Waals surface area contributed by atoms with Crippen LogP contribution in [-0.2, 0) is 22.6 Å². The highest BCUT2D eigenvalue weighted by Crippen LogP contribution is 2.38. The van der Waals surface area contributed by atoms with Crippen LogP contribution in [0, 0.1) is 0 Å². The van der Waals surface area contributed by atoms with E-state index >= 15 is 0 Å². The van der Waals surface area contributed by atoms with Crippen molar-refractivity contribution in [1.82, 2.24) is 25.4 Å². The number of likely N-dealkylation sites (tertiary alicyclic amines) is 2. The molecule has 0 radical (unpaired) electrons. The van der Waals surface area contributed by atoms with Gasteiger partial charge in [0.15, 0.2) is 11.5 Å². The summed E-state index contributed by atoms with van der Waals surface area (Å²) in [5.74, 6) is 1.13. The van der Waals surface area contributed by atoms with Gasteiger partial charge in [-0.15, -0.1) is 0 Å². The molecule has 0 aliphatic carbocycles. The summed E-state index contributed by atoms with van der Waals surface area (Å²) >= 11 is 0. The van der Waals surface area contributed by atoms with E-state index in [1.165, 1.54) is 32.4 Å². The minimum atomic E-state index is -0.736. The van der Waals surface area contributed by atoms with Gasteiger partial charge in [-0.2, -0.15) is 0 Å². The van der Waals surface area contributed by atoms with Gasteiger partial charge in [0.1, 0.15) is 6.04 Å². The number of methoxy groups -OCH3 is 3. The number of H-pyrrole nitrogens is 1. The van der Waals surface area contributed by atoms with Crippen molar-refractivity contribution in [3.63, 3.8) is 0 Å². The molecule has 2 amide bonds. The number of rotatable bonds is 12. The van der Waals surface area contributed by atoms with Crippen LogP contribution in [0.15, 0.2) is 42.6 Å². The fourth-order valence-electron chi connectivity index (χ4n) is 6.45. The first-order valence-electron chi connectivity index (χ1n) is 15.4. The lowest BCUT2D eigenvalue weighted by Crippen LogP contribution is -2.52. The number of ether oxygens (including phenoxy) is 3. The summed E-state index contributed by atoms with van der Waals surface area (Å²) in [7, 11) is 4.67. The standard InChI is InChI=1S/C33H45N5O5/c1-41-29-17-23(18-30(42-2)32(29)43-3)20-35-33(40)28(19-24-21-34-27-10-6-5-9-26(24)27)36-31(39)22-37-15-11-25(12-16-37)38-13-7-4-8-14-38/h5-6,9-10,17-18,21,25,28,34H,4,7-8,11-16,19-20,22H2,1-3H3,(H,35,40)(H,36,39). The van der Waals surface area contributed by atoms with Crippen molar-refractivity contribution >= 4 is 22.7 Å². The molecule has 1 aromatic heterocycles. The van der Waals surface area contributed by atoms with Gasteiger partial charge in [-0.3, -0.25) is 14.5 Å². The molecular formula is C33H45N5O5. The molecule has 10 nitrogen and oxygen atoms in total. The minimum absolute atomic E-state index is 0.135. The SMILES string of the molecule is COc1cc(CNC(=O)C(Cc2c[nH]c3ccccc23)NC(=O)CN2CCC(N3CCCCC3)CC2)cc(OC)c1OC. The molecule has 10 heteroatoms. The van der Waals surface area contributed by atoms with Crippen molar-refractivity contribution in [1.29, 1.82) is 0 Å². The molecule has 1 atom stereocenters.